The van der Waals surface area contributed by atoms with Crippen LogP contribution in [-0.2, 0) is 6.42 Å². The minimum absolute atomic E-state index is 0.491. The summed E-state index contributed by atoms with van der Waals surface area (Å²) >= 11 is 0. The van der Waals surface area contributed by atoms with Crippen molar-refractivity contribution in [2.45, 2.75) is 46.5 Å². The molecule has 20 heavy (non-hydrogen) atoms. The van der Waals surface area contributed by atoms with Crippen LogP contribution in [-0.4, -0.2) is 13.6 Å². The molecule has 106 valence electrons. The highest BCUT2D eigenvalue weighted by Crippen LogP contribution is 2.47. The smallest absolute Gasteiger partial charge is 0.0438 e. The molecular weight excluding hydrogens is 242 g/mol. The Balaban J connectivity index is 2.18. The number of rotatable bonds is 1. The number of para-hydroxylation sites is 1. The van der Waals surface area contributed by atoms with E-state index in [4.69, 9.17) is 0 Å². The van der Waals surface area contributed by atoms with Crippen molar-refractivity contribution >= 4 is 5.69 Å². The summed E-state index contributed by atoms with van der Waals surface area (Å²) in [5, 5.41) is 0. The number of fused-ring (bicyclic) bond motifs is 1. The SMILES string of the molecule is CC1=C(C)C(c2cccc3c2N(C)CCC3)C(C)=C1C. The third kappa shape index (κ3) is 1.83. The van der Waals surface area contributed by atoms with Crippen molar-refractivity contribution in [1.82, 2.24) is 0 Å². The fourth-order valence-electron chi connectivity index (χ4n) is 3.95. The molecule has 1 aliphatic carbocycles. The van der Waals surface area contributed by atoms with Crippen LogP contribution in [0.15, 0.2) is 40.5 Å². The van der Waals surface area contributed by atoms with Gasteiger partial charge >= 0.3 is 0 Å². The molecule has 0 unspecified atom stereocenters. The maximum absolute atomic E-state index is 2.46. The fraction of sp³-hybridized carbons (Fsp3) is 0.474. The topological polar surface area (TPSA) is 3.24 Å². The monoisotopic (exact) mass is 267 g/mol. The quantitative estimate of drug-likeness (QED) is 0.704. The van der Waals surface area contributed by atoms with Crippen LogP contribution < -0.4 is 4.90 Å². The van der Waals surface area contributed by atoms with Gasteiger partial charge in [0, 0.05) is 25.2 Å². The number of benzene rings is 1. The highest BCUT2D eigenvalue weighted by Gasteiger charge is 2.29. The highest BCUT2D eigenvalue weighted by atomic mass is 15.1. The average Bonchev–Trinajstić information content (AvgIpc) is 2.63. The van der Waals surface area contributed by atoms with Gasteiger partial charge in [-0.15, -0.1) is 0 Å². The van der Waals surface area contributed by atoms with Crippen LogP contribution >= 0.6 is 0 Å². The number of hydrogen-bond acceptors (Lipinski definition) is 1. The van der Waals surface area contributed by atoms with E-state index in [0.717, 1.165) is 0 Å². The van der Waals surface area contributed by atoms with E-state index in [9.17, 15) is 0 Å². The van der Waals surface area contributed by atoms with Gasteiger partial charge in [0.05, 0.1) is 0 Å². The number of allylic oxidation sites excluding steroid dienone is 4. The molecule has 0 atom stereocenters. The van der Waals surface area contributed by atoms with Gasteiger partial charge in [-0.1, -0.05) is 29.3 Å². The molecule has 1 aromatic carbocycles. The number of nitrogens with zero attached hydrogens (tertiary/aromatic N) is 1. The van der Waals surface area contributed by atoms with Gasteiger partial charge in [0.15, 0.2) is 0 Å². The molecule has 0 bridgehead atoms. The Kier molecular flexibility index (Phi) is 3.24. The predicted molar refractivity (Wildman–Crippen MR) is 87.5 cm³/mol. The van der Waals surface area contributed by atoms with Gasteiger partial charge in [-0.05, 0) is 62.8 Å². The molecule has 1 heteroatoms. The lowest BCUT2D eigenvalue weighted by Gasteiger charge is -2.32. The Morgan fingerprint density at radius 2 is 1.65 bits per heavy atom. The van der Waals surface area contributed by atoms with E-state index in [1.165, 1.54) is 58.5 Å². The van der Waals surface area contributed by atoms with E-state index in [0.29, 0.717) is 5.92 Å². The van der Waals surface area contributed by atoms with Gasteiger partial charge in [-0.3, -0.25) is 0 Å². The van der Waals surface area contributed by atoms with Crippen molar-refractivity contribution in [2.24, 2.45) is 0 Å². The van der Waals surface area contributed by atoms with Crippen LogP contribution in [0.4, 0.5) is 5.69 Å². The van der Waals surface area contributed by atoms with Crippen molar-refractivity contribution in [3.63, 3.8) is 0 Å². The molecule has 3 rings (SSSR count). The Bertz CT molecular complexity index is 595. The number of hydrogen-bond donors (Lipinski definition) is 0. The summed E-state index contributed by atoms with van der Waals surface area (Å²) in [5.74, 6) is 0.491. The third-order valence-corrected chi connectivity index (χ3v) is 5.39. The Morgan fingerprint density at radius 1 is 1.00 bits per heavy atom. The molecule has 0 aromatic heterocycles. The first-order valence-electron chi connectivity index (χ1n) is 7.70. The van der Waals surface area contributed by atoms with Crippen LogP contribution in [0.25, 0.3) is 0 Å². The second kappa shape index (κ2) is 4.80. The molecular formula is C19H25N. The van der Waals surface area contributed by atoms with Gasteiger partial charge in [-0.25, -0.2) is 0 Å². The summed E-state index contributed by atoms with van der Waals surface area (Å²) < 4.78 is 0. The van der Waals surface area contributed by atoms with Gasteiger partial charge in [0.1, 0.15) is 0 Å². The lowest BCUT2D eigenvalue weighted by molar-refractivity contribution is 0.734. The van der Waals surface area contributed by atoms with Crippen molar-refractivity contribution in [3.05, 3.63) is 51.6 Å². The molecule has 0 spiro atoms. The van der Waals surface area contributed by atoms with E-state index >= 15 is 0 Å². The van der Waals surface area contributed by atoms with E-state index in [1.807, 2.05) is 0 Å². The second-order valence-corrected chi connectivity index (χ2v) is 6.43. The number of anilines is 1. The van der Waals surface area contributed by atoms with Crippen molar-refractivity contribution in [3.8, 4) is 0 Å². The molecule has 0 saturated carbocycles. The summed E-state index contributed by atoms with van der Waals surface area (Å²) in [4.78, 5) is 2.46. The second-order valence-electron chi connectivity index (χ2n) is 6.43. The summed E-state index contributed by atoms with van der Waals surface area (Å²) in [6, 6.07) is 6.89. The van der Waals surface area contributed by atoms with E-state index < -0.39 is 0 Å². The Morgan fingerprint density at radius 3 is 2.30 bits per heavy atom. The molecule has 0 fully saturated rings. The van der Waals surface area contributed by atoms with Crippen LogP contribution in [0.5, 0.6) is 0 Å². The zero-order valence-corrected chi connectivity index (χ0v) is 13.4. The van der Waals surface area contributed by atoms with Gasteiger partial charge in [0.2, 0.25) is 0 Å². The maximum atomic E-state index is 2.46. The summed E-state index contributed by atoms with van der Waals surface area (Å²) in [6.07, 6.45) is 2.50. The molecule has 1 aromatic rings. The van der Waals surface area contributed by atoms with E-state index in [-0.39, 0.29) is 0 Å². The van der Waals surface area contributed by atoms with Crippen molar-refractivity contribution in [2.75, 3.05) is 18.5 Å². The van der Waals surface area contributed by atoms with Crippen LogP contribution in [0.1, 0.15) is 51.2 Å². The molecule has 1 nitrogen and oxygen atoms in total. The predicted octanol–water partition coefficient (Wildman–Crippen LogP) is 4.84. The highest BCUT2D eigenvalue weighted by molar-refractivity contribution is 5.67. The van der Waals surface area contributed by atoms with E-state index in [2.05, 4.69) is 57.8 Å². The van der Waals surface area contributed by atoms with Crippen LogP contribution in [0.2, 0.25) is 0 Å². The number of aryl methyl sites for hydroxylation is 1. The average molecular weight is 267 g/mol. The molecule has 1 heterocycles. The minimum atomic E-state index is 0.491. The van der Waals surface area contributed by atoms with Crippen molar-refractivity contribution < 1.29 is 0 Å². The van der Waals surface area contributed by atoms with Gasteiger partial charge in [-0.2, -0.15) is 0 Å². The van der Waals surface area contributed by atoms with Crippen molar-refractivity contribution in [1.29, 1.82) is 0 Å². The first-order chi connectivity index (χ1) is 9.52. The summed E-state index contributed by atoms with van der Waals surface area (Å²) in [6.45, 7) is 10.3. The third-order valence-electron chi connectivity index (χ3n) is 5.39. The molecule has 2 aliphatic rings. The molecule has 1 aliphatic heterocycles. The van der Waals surface area contributed by atoms with E-state index in [1.54, 1.807) is 0 Å². The molecule has 0 radical (unpaired) electrons. The first-order valence-corrected chi connectivity index (χ1v) is 7.70. The van der Waals surface area contributed by atoms with Gasteiger partial charge in [0.25, 0.3) is 0 Å². The lowest BCUT2D eigenvalue weighted by atomic mass is 9.84. The lowest BCUT2D eigenvalue weighted by Crippen LogP contribution is -2.26. The zero-order valence-electron chi connectivity index (χ0n) is 13.4. The molecule has 0 N–H and O–H groups in total. The Labute approximate surface area is 123 Å². The fourth-order valence-corrected chi connectivity index (χ4v) is 3.95. The van der Waals surface area contributed by atoms with Crippen LogP contribution in [0, 0.1) is 0 Å². The van der Waals surface area contributed by atoms with Crippen LogP contribution in [0.3, 0.4) is 0 Å². The molecule has 0 saturated heterocycles. The zero-order chi connectivity index (χ0) is 14.4. The minimum Gasteiger partial charge on any atom is -0.374 e. The normalized spacial score (nSPS) is 19.9. The molecule has 0 amide bonds. The summed E-state index contributed by atoms with van der Waals surface area (Å²) in [7, 11) is 2.24. The summed E-state index contributed by atoms with van der Waals surface area (Å²) in [5.41, 5.74) is 10.6. The first kappa shape index (κ1) is 13.5. The maximum Gasteiger partial charge on any atom is 0.0438 e. The standard InChI is InChI=1S/C19H25N/c1-12-13(2)15(4)18(14(12)3)17-10-6-8-16-9-7-11-20(5)19(16)17/h6,8,10,18H,7,9,11H2,1-5H3. The van der Waals surface area contributed by atoms with Gasteiger partial charge < -0.3 is 4.90 Å². The largest absolute Gasteiger partial charge is 0.374 e. The Hall–Kier alpha value is -1.50.